The molecule has 0 aromatic heterocycles. The molecule has 5 heteroatoms. The van der Waals surface area contributed by atoms with Gasteiger partial charge >= 0.3 is 0 Å². The maximum absolute atomic E-state index is 12.3. The van der Waals surface area contributed by atoms with Gasteiger partial charge in [0.15, 0.2) is 0 Å². The fourth-order valence-electron chi connectivity index (χ4n) is 2.47. The summed E-state index contributed by atoms with van der Waals surface area (Å²) in [6.45, 7) is 8.71. The molecule has 2 amide bonds. The van der Waals surface area contributed by atoms with E-state index in [-0.39, 0.29) is 23.6 Å². The highest BCUT2D eigenvalue weighted by Crippen LogP contribution is 2.35. The summed E-state index contributed by atoms with van der Waals surface area (Å²) in [5, 5.41) is -0.322. The van der Waals surface area contributed by atoms with Gasteiger partial charge in [0.1, 0.15) is 5.75 Å². The highest BCUT2D eigenvalue weighted by molar-refractivity contribution is 8.18. The molecule has 1 fully saturated rings. The molecule has 0 atom stereocenters. The van der Waals surface area contributed by atoms with Crippen molar-refractivity contribution in [2.45, 2.75) is 33.6 Å². The van der Waals surface area contributed by atoms with E-state index in [1.165, 1.54) is 0 Å². The number of ether oxygens (including phenoxy) is 1. The lowest BCUT2D eigenvalue weighted by molar-refractivity contribution is -0.122. The van der Waals surface area contributed by atoms with Gasteiger partial charge in [-0.1, -0.05) is 19.8 Å². The molecular formula is C19H21NO3S. The number of rotatable bonds is 5. The van der Waals surface area contributed by atoms with Crippen LogP contribution in [0.25, 0.3) is 6.08 Å². The van der Waals surface area contributed by atoms with Gasteiger partial charge in [-0.3, -0.25) is 14.5 Å². The van der Waals surface area contributed by atoms with Gasteiger partial charge in [-0.2, -0.15) is 0 Å². The Morgan fingerprint density at radius 2 is 2.08 bits per heavy atom. The molecule has 1 aliphatic rings. The number of hydrogen-bond donors (Lipinski definition) is 0. The summed E-state index contributed by atoms with van der Waals surface area (Å²) in [6, 6.07) is 4.01. The zero-order valence-electron chi connectivity index (χ0n) is 14.4. The van der Waals surface area contributed by atoms with E-state index in [0.717, 1.165) is 39.1 Å². The first-order valence-corrected chi connectivity index (χ1v) is 8.66. The lowest BCUT2D eigenvalue weighted by Gasteiger charge is -2.16. The molecule has 0 aliphatic carbocycles. The van der Waals surface area contributed by atoms with Crippen LogP contribution >= 0.6 is 11.8 Å². The second-order valence-electron chi connectivity index (χ2n) is 5.81. The van der Waals surface area contributed by atoms with Gasteiger partial charge in [-0.05, 0) is 66.4 Å². The van der Waals surface area contributed by atoms with Crippen molar-refractivity contribution in [3.63, 3.8) is 0 Å². The third-order valence-corrected chi connectivity index (χ3v) is 4.64. The number of carbonyl (C=O) groups is 2. The Hall–Kier alpha value is -2.19. The Bertz CT molecular complexity index is 744. The smallest absolute Gasteiger partial charge is 0.294 e. The number of hydrogen-bond acceptors (Lipinski definition) is 4. The fraction of sp³-hybridized carbons (Fsp3) is 0.368. The molecule has 0 bridgehead atoms. The third kappa shape index (κ3) is 3.65. The van der Waals surface area contributed by atoms with E-state index >= 15 is 0 Å². The van der Waals surface area contributed by atoms with Crippen LogP contribution in [0.5, 0.6) is 5.75 Å². The topological polar surface area (TPSA) is 46.6 Å². The Labute approximate surface area is 147 Å². The number of benzene rings is 1. The number of terminal acetylenes is 1. The van der Waals surface area contributed by atoms with Crippen LogP contribution in [0.2, 0.25) is 0 Å². The Kier molecular flexibility index (Phi) is 5.74. The maximum atomic E-state index is 12.3. The molecule has 1 aromatic rings. The van der Waals surface area contributed by atoms with E-state index in [1.54, 1.807) is 6.08 Å². The zero-order valence-corrected chi connectivity index (χ0v) is 15.2. The highest BCUT2D eigenvalue weighted by atomic mass is 32.2. The molecule has 4 nitrogen and oxygen atoms in total. The second-order valence-corrected chi connectivity index (χ2v) is 6.80. The van der Waals surface area contributed by atoms with Gasteiger partial charge in [0.2, 0.25) is 0 Å². The normalized spacial score (nSPS) is 16.2. The van der Waals surface area contributed by atoms with E-state index < -0.39 is 0 Å². The van der Waals surface area contributed by atoms with Crippen LogP contribution in [0.3, 0.4) is 0 Å². The number of aryl methyl sites for hydroxylation is 1. The molecule has 1 heterocycles. The van der Waals surface area contributed by atoms with Crippen LogP contribution in [0.4, 0.5) is 4.79 Å². The molecule has 1 aliphatic heterocycles. The van der Waals surface area contributed by atoms with Crippen molar-refractivity contribution in [1.29, 1.82) is 0 Å². The van der Waals surface area contributed by atoms with Crippen molar-refractivity contribution < 1.29 is 14.3 Å². The first kappa shape index (κ1) is 18.2. The summed E-state index contributed by atoms with van der Waals surface area (Å²) in [4.78, 5) is 25.7. The number of carbonyl (C=O) groups excluding carboxylic acids is 2. The molecule has 2 rings (SSSR count). The first-order chi connectivity index (χ1) is 11.4. The fourth-order valence-corrected chi connectivity index (χ4v) is 3.30. The molecule has 0 N–H and O–H groups in total. The summed E-state index contributed by atoms with van der Waals surface area (Å²) in [6.07, 6.45) is 6.98. The Morgan fingerprint density at radius 1 is 1.38 bits per heavy atom. The van der Waals surface area contributed by atoms with Crippen molar-refractivity contribution in [2.24, 2.45) is 0 Å². The maximum Gasteiger partial charge on any atom is 0.294 e. The van der Waals surface area contributed by atoms with Crippen LogP contribution in [0, 0.1) is 19.3 Å². The molecule has 0 unspecified atom stereocenters. The Balaban J connectivity index is 2.43. The minimum Gasteiger partial charge on any atom is -0.494 e. The van der Waals surface area contributed by atoms with E-state index in [4.69, 9.17) is 11.2 Å². The first-order valence-electron chi connectivity index (χ1n) is 7.85. The van der Waals surface area contributed by atoms with E-state index in [0.29, 0.717) is 11.5 Å². The van der Waals surface area contributed by atoms with Crippen LogP contribution in [-0.2, 0) is 4.79 Å². The van der Waals surface area contributed by atoms with Gasteiger partial charge in [0.25, 0.3) is 11.1 Å². The van der Waals surface area contributed by atoms with Gasteiger partial charge < -0.3 is 4.74 Å². The predicted octanol–water partition coefficient (Wildman–Crippen LogP) is 4.19. The minimum atomic E-state index is -0.331. The Morgan fingerprint density at radius 3 is 2.67 bits per heavy atom. The predicted molar refractivity (Wildman–Crippen MR) is 97.9 cm³/mol. The number of imide groups is 1. The summed E-state index contributed by atoms with van der Waals surface area (Å²) < 4.78 is 5.71. The van der Waals surface area contributed by atoms with Gasteiger partial charge in [0.05, 0.1) is 18.1 Å². The quantitative estimate of drug-likeness (QED) is 0.594. The van der Waals surface area contributed by atoms with Crippen molar-refractivity contribution >= 4 is 29.0 Å². The highest BCUT2D eigenvalue weighted by Gasteiger charge is 2.34. The standard InChI is InChI=1S/C19H21NO3S/c1-6-8-20-18(21)17(24-19(20)22)11-14-10-15(12(3)4)16(23-7-2)9-13(14)5/h1,9-12H,7-8H2,2-5H3/b17-11-. The van der Waals surface area contributed by atoms with Crippen LogP contribution in [-0.4, -0.2) is 29.2 Å². The van der Waals surface area contributed by atoms with Gasteiger partial charge in [0, 0.05) is 0 Å². The lowest BCUT2D eigenvalue weighted by Crippen LogP contribution is -2.28. The number of nitrogens with zero attached hydrogens (tertiary/aromatic N) is 1. The molecule has 0 spiro atoms. The summed E-state index contributed by atoms with van der Waals surface area (Å²) >= 11 is 0.926. The zero-order chi connectivity index (χ0) is 17.9. The summed E-state index contributed by atoms with van der Waals surface area (Å²) in [7, 11) is 0. The number of thioether (sulfide) groups is 1. The second kappa shape index (κ2) is 7.59. The van der Waals surface area contributed by atoms with E-state index in [1.807, 2.05) is 26.0 Å². The average Bonchev–Trinajstić information content (AvgIpc) is 2.78. The molecule has 1 saturated heterocycles. The van der Waals surface area contributed by atoms with Crippen LogP contribution in [0.15, 0.2) is 17.0 Å². The van der Waals surface area contributed by atoms with Crippen LogP contribution in [0.1, 0.15) is 43.4 Å². The SMILES string of the molecule is C#CCN1C(=O)S/C(=C\c2cc(C(C)C)c(OCC)cc2C)C1=O. The molecular weight excluding hydrogens is 322 g/mol. The summed E-state index contributed by atoms with van der Waals surface area (Å²) in [5.74, 6) is 3.16. The molecule has 1 aromatic carbocycles. The van der Waals surface area contributed by atoms with E-state index in [2.05, 4.69) is 19.8 Å². The van der Waals surface area contributed by atoms with Crippen LogP contribution < -0.4 is 4.74 Å². The van der Waals surface area contributed by atoms with Crippen molar-refractivity contribution in [2.75, 3.05) is 13.2 Å². The molecule has 126 valence electrons. The monoisotopic (exact) mass is 343 g/mol. The number of amides is 2. The average molecular weight is 343 g/mol. The van der Waals surface area contributed by atoms with E-state index in [9.17, 15) is 9.59 Å². The lowest BCUT2D eigenvalue weighted by atomic mass is 9.96. The van der Waals surface area contributed by atoms with Gasteiger partial charge in [-0.15, -0.1) is 6.42 Å². The van der Waals surface area contributed by atoms with Crippen molar-refractivity contribution in [1.82, 2.24) is 4.90 Å². The van der Waals surface area contributed by atoms with Crippen molar-refractivity contribution in [3.8, 4) is 18.1 Å². The molecule has 0 radical (unpaired) electrons. The molecule has 24 heavy (non-hydrogen) atoms. The van der Waals surface area contributed by atoms with Gasteiger partial charge in [-0.25, -0.2) is 0 Å². The summed E-state index contributed by atoms with van der Waals surface area (Å²) in [5.41, 5.74) is 2.98. The molecule has 0 saturated carbocycles. The largest absolute Gasteiger partial charge is 0.494 e. The minimum absolute atomic E-state index is 0.00150. The third-order valence-electron chi connectivity index (χ3n) is 3.73. The van der Waals surface area contributed by atoms with Crippen molar-refractivity contribution in [3.05, 3.63) is 33.7 Å².